The molecule has 1 fully saturated rings. The van der Waals surface area contributed by atoms with Crippen molar-refractivity contribution in [2.75, 3.05) is 38.2 Å². The quantitative estimate of drug-likeness (QED) is 0.513. The highest BCUT2D eigenvalue weighted by Gasteiger charge is 2.26. The van der Waals surface area contributed by atoms with E-state index >= 15 is 0 Å². The van der Waals surface area contributed by atoms with Crippen molar-refractivity contribution in [1.82, 2.24) is 14.9 Å². The molecule has 142 valence electrons. The van der Waals surface area contributed by atoms with Crippen LogP contribution in [0.5, 0.6) is 5.75 Å². The number of thiazole rings is 2. The zero-order valence-corrected chi connectivity index (χ0v) is 16.9. The van der Waals surface area contributed by atoms with Crippen LogP contribution in [0.2, 0.25) is 0 Å². The maximum absolute atomic E-state index is 12.9. The van der Waals surface area contributed by atoms with Gasteiger partial charge in [0.05, 0.1) is 27.5 Å². The van der Waals surface area contributed by atoms with Gasteiger partial charge in [0, 0.05) is 26.2 Å². The Morgan fingerprint density at radius 2 is 1.75 bits per heavy atom. The Labute approximate surface area is 170 Å². The molecule has 2 aromatic heterocycles. The van der Waals surface area contributed by atoms with Gasteiger partial charge in [-0.25, -0.2) is 9.97 Å². The van der Waals surface area contributed by atoms with Crippen LogP contribution >= 0.6 is 22.7 Å². The molecule has 6 nitrogen and oxygen atoms in total. The van der Waals surface area contributed by atoms with Crippen molar-refractivity contribution in [3.05, 3.63) is 47.5 Å². The summed E-state index contributed by atoms with van der Waals surface area (Å²) in [6.07, 6.45) is 0. The lowest BCUT2D eigenvalue weighted by molar-refractivity contribution is 0.0746. The summed E-state index contributed by atoms with van der Waals surface area (Å²) in [6, 6.07) is 13.8. The van der Waals surface area contributed by atoms with Gasteiger partial charge in [-0.3, -0.25) is 4.79 Å². The number of rotatable bonds is 3. The van der Waals surface area contributed by atoms with E-state index in [9.17, 15) is 4.79 Å². The highest BCUT2D eigenvalue weighted by molar-refractivity contribution is 7.22. The minimum atomic E-state index is 0.0230. The summed E-state index contributed by atoms with van der Waals surface area (Å²) in [7, 11) is 1.67. The van der Waals surface area contributed by atoms with Crippen molar-refractivity contribution in [2.45, 2.75) is 0 Å². The number of benzene rings is 2. The standard InChI is InChI=1S/C20H18N4O2S2/c1-26-13-6-7-15-17(12-13)28-20(22-15)24-10-8-23(9-11-24)19(25)18-21-14-4-2-3-5-16(14)27-18/h2-7,12H,8-11H2,1H3. The molecular formula is C20H18N4O2S2. The van der Waals surface area contributed by atoms with Gasteiger partial charge in [0.15, 0.2) is 10.1 Å². The average Bonchev–Trinajstić information content (AvgIpc) is 3.36. The fourth-order valence-electron chi connectivity index (χ4n) is 3.35. The number of carbonyl (C=O) groups is 1. The van der Waals surface area contributed by atoms with Crippen LogP contribution in [0.3, 0.4) is 0 Å². The molecule has 0 unspecified atom stereocenters. The summed E-state index contributed by atoms with van der Waals surface area (Å²) in [4.78, 5) is 26.2. The number of methoxy groups -OCH3 is 1. The molecule has 1 saturated heterocycles. The van der Waals surface area contributed by atoms with E-state index in [4.69, 9.17) is 9.72 Å². The maximum Gasteiger partial charge on any atom is 0.282 e. The third kappa shape index (κ3) is 3.08. The van der Waals surface area contributed by atoms with E-state index in [1.807, 2.05) is 47.4 Å². The van der Waals surface area contributed by atoms with Crippen molar-refractivity contribution >= 4 is 54.1 Å². The number of nitrogens with zero attached hydrogens (tertiary/aromatic N) is 4. The van der Waals surface area contributed by atoms with Gasteiger partial charge in [0.1, 0.15) is 5.75 Å². The number of para-hydroxylation sites is 1. The van der Waals surface area contributed by atoms with E-state index in [0.717, 1.165) is 44.4 Å². The number of anilines is 1. The third-order valence-corrected chi connectivity index (χ3v) is 7.00. The Morgan fingerprint density at radius 3 is 2.54 bits per heavy atom. The molecule has 0 bridgehead atoms. The fourth-order valence-corrected chi connectivity index (χ4v) is 5.33. The molecule has 1 amide bonds. The number of carbonyl (C=O) groups excluding carboxylic acids is 1. The van der Waals surface area contributed by atoms with Crippen molar-refractivity contribution in [3.8, 4) is 5.75 Å². The molecule has 0 N–H and O–H groups in total. The number of ether oxygens (including phenoxy) is 1. The van der Waals surface area contributed by atoms with E-state index in [-0.39, 0.29) is 5.91 Å². The van der Waals surface area contributed by atoms with Gasteiger partial charge in [-0.15, -0.1) is 11.3 Å². The summed E-state index contributed by atoms with van der Waals surface area (Å²) < 4.78 is 7.46. The molecule has 8 heteroatoms. The Morgan fingerprint density at radius 1 is 0.964 bits per heavy atom. The molecule has 0 radical (unpaired) electrons. The van der Waals surface area contributed by atoms with Crippen molar-refractivity contribution in [1.29, 1.82) is 0 Å². The van der Waals surface area contributed by atoms with E-state index in [1.165, 1.54) is 11.3 Å². The first-order valence-corrected chi connectivity index (χ1v) is 10.7. The monoisotopic (exact) mass is 410 g/mol. The van der Waals surface area contributed by atoms with Crippen LogP contribution in [0.15, 0.2) is 42.5 Å². The topological polar surface area (TPSA) is 58.6 Å². The Balaban J connectivity index is 1.30. The van der Waals surface area contributed by atoms with Crippen LogP contribution in [0, 0.1) is 0 Å². The fraction of sp³-hybridized carbons (Fsp3) is 0.250. The molecule has 0 aliphatic carbocycles. The Hall–Kier alpha value is -2.71. The maximum atomic E-state index is 12.9. The number of aromatic nitrogens is 2. The molecule has 5 rings (SSSR count). The molecule has 4 aromatic rings. The van der Waals surface area contributed by atoms with Gasteiger partial charge >= 0.3 is 0 Å². The highest BCUT2D eigenvalue weighted by Crippen LogP contribution is 2.32. The second-order valence-electron chi connectivity index (χ2n) is 6.60. The van der Waals surface area contributed by atoms with Crippen molar-refractivity contribution in [3.63, 3.8) is 0 Å². The van der Waals surface area contributed by atoms with Crippen LogP contribution in [0.4, 0.5) is 5.13 Å². The third-order valence-electron chi connectivity index (χ3n) is 4.90. The van der Waals surface area contributed by atoms with Crippen molar-refractivity contribution in [2.24, 2.45) is 0 Å². The molecule has 28 heavy (non-hydrogen) atoms. The number of hydrogen-bond acceptors (Lipinski definition) is 7. The Bertz CT molecular complexity index is 1130. The minimum Gasteiger partial charge on any atom is -0.497 e. The predicted molar refractivity (Wildman–Crippen MR) is 114 cm³/mol. The van der Waals surface area contributed by atoms with Gasteiger partial charge in [0.25, 0.3) is 5.91 Å². The van der Waals surface area contributed by atoms with Gasteiger partial charge in [-0.2, -0.15) is 0 Å². The number of hydrogen-bond donors (Lipinski definition) is 0. The lowest BCUT2D eigenvalue weighted by Crippen LogP contribution is -2.48. The molecule has 0 saturated carbocycles. The van der Waals surface area contributed by atoms with Gasteiger partial charge < -0.3 is 14.5 Å². The van der Waals surface area contributed by atoms with E-state index < -0.39 is 0 Å². The first-order valence-electron chi connectivity index (χ1n) is 9.05. The first-order chi connectivity index (χ1) is 13.7. The first kappa shape index (κ1) is 17.4. The largest absolute Gasteiger partial charge is 0.497 e. The summed E-state index contributed by atoms with van der Waals surface area (Å²) in [5, 5.41) is 1.57. The highest BCUT2D eigenvalue weighted by atomic mass is 32.1. The van der Waals surface area contributed by atoms with E-state index in [1.54, 1.807) is 18.4 Å². The summed E-state index contributed by atoms with van der Waals surface area (Å²) in [5.41, 5.74) is 1.87. The van der Waals surface area contributed by atoms with Crippen LogP contribution in [-0.2, 0) is 0 Å². The van der Waals surface area contributed by atoms with Gasteiger partial charge in [0.2, 0.25) is 0 Å². The lowest BCUT2D eigenvalue weighted by atomic mass is 10.3. The zero-order valence-electron chi connectivity index (χ0n) is 15.3. The number of fused-ring (bicyclic) bond motifs is 2. The second kappa shape index (κ2) is 7.03. The van der Waals surface area contributed by atoms with Crippen LogP contribution in [-0.4, -0.2) is 54.1 Å². The average molecular weight is 411 g/mol. The second-order valence-corrected chi connectivity index (χ2v) is 8.64. The summed E-state index contributed by atoms with van der Waals surface area (Å²) in [5.74, 6) is 0.865. The van der Waals surface area contributed by atoms with Gasteiger partial charge in [-0.05, 0) is 30.3 Å². The Kier molecular flexibility index (Phi) is 4.37. The van der Waals surface area contributed by atoms with E-state index in [2.05, 4.69) is 9.88 Å². The number of amides is 1. The molecule has 2 aromatic carbocycles. The molecule has 0 spiro atoms. The predicted octanol–water partition coefficient (Wildman–Crippen LogP) is 3.88. The number of piperazine rings is 1. The molecule has 1 aliphatic rings. The lowest BCUT2D eigenvalue weighted by Gasteiger charge is -2.34. The SMILES string of the molecule is COc1ccc2nc(N3CCN(C(=O)c4nc5ccccc5s4)CC3)sc2c1. The molecular weight excluding hydrogens is 392 g/mol. The summed E-state index contributed by atoms with van der Waals surface area (Å²) in [6.45, 7) is 2.89. The smallest absolute Gasteiger partial charge is 0.282 e. The zero-order chi connectivity index (χ0) is 19.1. The van der Waals surface area contributed by atoms with Crippen LogP contribution in [0.25, 0.3) is 20.4 Å². The van der Waals surface area contributed by atoms with E-state index in [0.29, 0.717) is 18.1 Å². The molecule has 3 heterocycles. The normalized spacial score (nSPS) is 14.8. The van der Waals surface area contributed by atoms with Gasteiger partial charge in [-0.1, -0.05) is 23.5 Å². The molecule has 0 atom stereocenters. The van der Waals surface area contributed by atoms with Crippen molar-refractivity contribution < 1.29 is 9.53 Å². The molecule has 1 aliphatic heterocycles. The van der Waals surface area contributed by atoms with Crippen LogP contribution < -0.4 is 9.64 Å². The minimum absolute atomic E-state index is 0.0230. The summed E-state index contributed by atoms with van der Waals surface area (Å²) >= 11 is 3.13. The van der Waals surface area contributed by atoms with Crippen LogP contribution in [0.1, 0.15) is 9.80 Å².